The molecule has 0 aliphatic heterocycles. The molecule has 0 saturated carbocycles. The van der Waals surface area contributed by atoms with Crippen LogP contribution < -0.4 is 0 Å². The summed E-state index contributed by atoms with van der Waals surface area (Å²) in [6, 6.07) is 0. The summed E-state index contributed by atoms with van der Waals surface area (Å²) < 4.78 is 4.76. The Bertz CT molecular complexity index is 43.3. The molecule has 1 nitrogen and oxygen atoms in total. The average molecular weight is 190 g/mol. The monoisotopic (exact) mass is 188 g/mol. The minimum absolute atomic E-state index is 1.59. The Kier molecular flexibility index (Phi) is 2.67. The molecule has 4 heteroatoms. The van der Waals surface area contributed by atoms with Gasteiger partial charge in [-0.2, -0.15) is 0 Å². The molecule has 0 N–H and O–H groups in total. The van der Waals surface area contributed by atoms with Crippen LogP contribution in [0, 0.1) is 0 Å². The van der Waals surface area contributed by atoms with Gasteiger partial charge in [-0.3, -0.25) is 0 Å². The third-order valence-electron chi connectivity index (χ3n) is 0.358. The molecule has 0 aromatic rings. The first-order valence-electron chi connectivity index (χ1n) is 1.49. The summed E-state index contributed by atoms with van der Waals surface area (Å²) in [6.07, 6.45) is -1.85. The van der Waals surface area contributed by atoms with Gasteiger partial charge < -0.3 is 4.43 Å². The lowest BCUT2D eigenvalue weighted by atomic mass is 11.8. The fraction of sp³-hybridized carbons (Fsp3) is 1.00. The van der Waals surface area contributed by atoms with E-state index in [1.54, 1.807) is 7.11 Å². The zero-order valence-corrected chi connectivity index (χ0v) is 7.01. The van der Waals surface area contributed by atoms with Gasteiger partial charge in [-0.05, 0) is 6.55 Å². The van der Waals surface area contributed by atoms with Gasteiger partial charge in [0.2, 0.25) is 0 Å². The molecule has 0 bridgehead atoms. The summed E-state index contributed by atoms with van der Waals surface area (Å²) in [5.41, 5.74) is 0. The van der Waals surface area contributed by atoms with Crippen LogP contribution in [0.5, 0.6) is 0 Å². The maximum atomic E-state index is 5.55. The van der Waals surface area contributed by atoms with Gasteiger partial charge in [0.1, 0.15) is 0 Å². The lowest BCUT2D eigenvalue weighted by Gasteiger charge is -2.03. The van der Waals surface area contributed by atoms with E-state index < -0.39 is 6.25 Å². The summed E-state index contributed by atoms with van der Waals surface area (Å²) in [7, 11) is 1.59. The minimum Gasteiger partial charge on any atom is -0.399 e. The Hall–Kier alpha value is 0.947. The van der Waals surface area contributed by atoms with Crippen molar-refractivity contribution >= 4 is 32.6 Å². The van der Waals surface area contributed by atoms with Gasteiger partial charge in [0.25, 0.3) is 0 Å². The molecule has 1 atom stereocenters. The lowest BCUT2D eigenvalue weighted by molar-refractivity contribution is 0.435. The molecule has 0 aromatic carbocycles. The Balaban J connectivity index is 3.17. The van der Waals surface area contributed by atoms with Crippen LogP contribution in [0.3, 0.4) is 0 Å². The highest BCUT2D eigenvalue weighted by molar-refractivity contribution is 9.27. The number of hydrogen-bond donors (Lipinski definition) is 0. The molecule has 0 heterocycles. The van der Waals surface area contributed by atoms with Crippen LogP contribution in [0.15, 0.2) is 0 Å². The molecule has 0 amide bonds. The molecule has 1 unspecified atom stereocenters. The molecule has 0 spiro atoms. The van der Waals surface area contributed by atoms with Crippen molar-refractivity contribution in [1.29, 1.82) is 0 Å². The predicted octanol–water partition coefficient (Wildman–Crippen LogP) is 1.84. The molecule has 0 aliphatic carbocycles. The molecule has 6 heavy (non-hydrogen) atoms. The molecular weight excluding hydrogens is 183 g/mol. The Morgan fingerprint density at radius 3 is 2.00 bits per heavy atom. The van der Waals surface area contributed by atoms with Crippen LogP contribution in [-0.4, -0.2) is 13.4 Å². The quantitative estimate of drug-likeness (QED) is 0.452. The van der Waals surface area contributed by atoms with E-state index in [0.717, 1.165) is 0 Å². The van der Waals surface area contributed by atoms with Gasteiger partial charge in [-0.15, -0.1) is 11.1 Å². The van der Waals surface area contributed by atoms with Crippen molar-refractivity contribution in [1.82, 2.24) is 0 Å². The number of hydrogen-bond acceptors (Lipinski definition) is 1. The minimum atomic E-state index is -1.85. The fourth-order valence-corrected chi connectivity index (χ4v) is 0. The largest absolute Gasteiger partial charge is 0.399 e. The highest BCUT2D eigenvalue weighted by Crippen LogP contribution is 2.15. The van der Waals surface area contributed by atoms with Gasteiger partial charge >= 0.3 is 6.25 Å². The second-order valence-electron chi connectivity index (χ2n) is 1.01. The Morgan fingerprint density at radius 1 is 1.83 bits per heavy atom. The van der Waals surface area contributed by atoms with E-state index in [2.05, 4.69) is 15.3 Å². The van der Waals surface area contributed by atoms with Crippen LogP contribution in [0.2, 0.25) is 6.55 Å². The van der Waals surface area contributed by atoms with Crippen LogP contribution in [-0.2, 0) is 4.43 Å². The van der Waals surface area contributed by atoms with Crippen LogP contribution in [0.25, 0.3) is 0 Å². The third kappa shape index (κ3) is 4.95. The summed E-state index contributed by atoms with van der Waals surface area (Å²) in [6.45, 7) is 1.84. The predicted molar refractivity (Wildman–Crippen MR) is 33.4 cm³/mol. The second kappa shape index (κ2) is 2.30. The number of rotatable bonds is 1. The lowest BCUT2D eigenvalue weighted by Crippen LogP contribution is -2.14. The first-order valence-corrected chi connectivity index (χ1v) is 7.17. The first-order chi connectivity index (χ1) is 2.56. The smallest absolute Gasteiger partial charge is 0.359 e. The van der Waals surface area contributed by atoms with Crippen molar-refractivity contribution in [2.24, 2.45) is 0 Å². The SMILES string of the molecule is CO[Si](C)(Cl)Br. The van der Waals surface area contributed by atoms with E-state index in [4.69, 9.17) is 15.5 Å². The van der Waals surface area contributed by atoms with Gasteiger partial charge in [0.05, 0.1) is 0 Å². The van der Waals surface area contributed by atoms with E-state index >= 15 is 0 Å². The summed E-state index contributed by atoms with van der Waals surface area (Å²) >= 11 is 8.71. The molecule has 0 aliphatic rings. The van der Waals surface area contributed by atoms with E-state index in [9.17, 15) is 0 Å². The van der Waals surface area contributed by atoms with E-state index in [1.165, 1.54) is 0 Å². The van der Waals surface area contributed by atoms with Crippen LogP contribution in [0.4, 0.5) is 0 Å². The summed E-state index contributed by atoms with van der Waals surface area (Å²) in [4.78, 5) is 0. The third-order valence-corrected chi connectivity index (χ3v) is 2.51. The normalized spacial score (nSPS) is 20.0. The zero-order chi connectivity index (χ0) is 5.21. The van der Waals surface area contributed by atoms with Crippen molar-refractivity contribution in [3.63, 3.8) is 0 Å². The zero-order valence-electron chi connectivity index (χ0n) is 3.66. The maximum Gasteiger partial charge on any atom is 0.359 e. The van der Waals surface area contributed by atoms with E-state index in [1.807, 2.05) is 6.55 Å². The number of halogens is 2. The van der Waals surface area contributed by atoms with Gasteiger partial charge in [0, 0.05) is 7.11 Å². The molecule has 0 fully saturated rings. The second-order valence-corrected chi connectivity index (χ2v) is 11.1. The Labute approximate surface area is 51.0 Å². The molecule has 0 rings (SSSR count). The first kappa shape index (κ1) is 6.95. The topological polar surface area (TPSA) is 9.23 Å². The van der Waals surface area contributed by atoms with E-state index in [-0.39, 0.29) is 0 Å². The highest BCUT2D eigenvalue weighted by atomic mass is 79.9. The van der Waals surface area contributed by atoms with Crippen LogP contribution >= 0.6 is 26.4 Å². The van der Waals surface area contributed by atoms with Gasteiger partial charge in [-0.1, -0.05) is 15.3 Å². The summed E-state index contributed by atoms with van der Waals surface area (Å²) in [5.74, 6) is 0. The van der Waals surface area contributed by atoms with Gasteiger partial charge in [-0.25, -0.2) is 0 Å². The maximum absolute atomic E-state index is 5.55. The fourth-order valence-electron chi connectivity index (χ4n) is 0. The average Bonchev–Trinajstić information content (AvgIpc) is 1.35. The van der Waals surface area contributed by atoms with Crippen molar-refractivity contribution < 1.29 is 4.43 Å². The van der Waals surface area contributed by atoms with Gasteiger partial charge in [0.15, 0.2) is 0 Å². The molecular formula is C2H6BrClOSi. The van der Waals surface area contributed by atoms with E-state index in [0.29, 0.717) is 0 Å². The van der Waals surface area contributed by atoms with Crippen molar-refractivity contribution in [2.75, 3.05) is 7.11 Å². The molecule has 0 saturated heterocycles. The van der Waals surface area contributed by atoms with Crippen molar-refractivity contribution in [3.05, 3.63) is 0 Å². The molecule has 0 radical (unpaired) electrons. The summed E-state index contributed by atoms with van der Waals surface area (Å²) in [5, 5.41) is 0. The Morgan fingerprint density at radius 2 is 2.00 bits per heavy atom. The highest BCUT2D eigenvalue weighted by Gasteiger charge is 2.17. The van der Waals surface area contributed by atoms with Crippen molar-refractivity contribution in [3.8, 4) is 0 Å². The van der Waals surface area contributed by atoms with Crippen LogP contribution in [0.1, 0.15) is 0 Å². The van der Waals surface area contributed by atoms with Crippen molar-refractivity contribution in [2.45, 2.75) is 6.55 Å². The molecule has 0 aromatic heterocycles. The molecule has 38 valence electrons. The standard InChI is InChI=1S/C2H6BrClOSi/c1-5-6(2,3)4/h1-2H3.